The first-order valence-electron chi connectivity index (χ1n) is 11.7. The molecular weight excluding hydrogens is 496 g/mol. The van der Waals surface area contributed by atoms with Crippen LogP contribution in [0, 0.1) is 5.41 Å². The number of amides is 2. The van der Waals surface area contributed by atoms with Crippen molar-refractivity contribution < 1.29 is 27.5 Å². The van der Waals surface area contributed by atoms with Crippen LogP contribution in [0.4, 0.5) is 10.5 Å². The zero-order valence-corrected chi connectivity index (χ0v) is 22.0. The van der Waals surface area contributed by atoms with Gasteiger partial charge in [-0.3, -0.25) is 14.3 Å². The number of fused-ring (bicyclic) bond motifs is 1. The van der Waals surface area contributed by atoms with Crippen LogP contribution in [-0.4, -0.2) is 55.0 Å². The molecule has 0 saturated heterocycles. The highest BCUT2D eigenvalue weighted by Gasteiger charge is 2.50. The molecule has 0 spiro atoms. The fraction of sp³-hybridized carbons (Fsp3) is 0.346. The molecule has 1 aliphatic carbocycles. The Morgan fingerprint density at radius 2 is 1.73 bits per heavy atom. The third-order valence-electron chi connectivity index (χ3n) is 6.17. The van der Waals surface area contributed by atoms with Gasteiger partial charge in [-0.25, -0.2) is 17.8 Å². The summed E-state index contributed by atoms with van der Waals surface area (Å²) in [6.45, 7) is 5.23. The lowest BCUT2D eigenvalue weighted by Gasteiger charge is -2.24. The smallest absolute Gasteiger partial charge is 0.419 e. The minimum atomic E-state index is -3.88. The molecule has 10 nitrogen and oxygen atoms in total. The van der Waals surface area contributed by atoms with E-state index < -0.39 is 38.9 Å². The molecule has 1 saturated carbocycles. The maximum Gasteiger partial charge on any atom is 0.419 e. The molecule has 196 valence electrons. The topological polar surface area (TPSA) is 141 Å². The van der Waals surface area contributed by atoms with Crippen LogP contribution in [0.1, 0.15) is 44.1 Å². The van der Waals surface area contributed by atoms with Crippen molar-refractivity contribution in [3.63, 3.8) is 0 Å². The summed E-state index contributed by atoms with van der Waals surface area (Å²) in [4.78, 5) is 40.0. The van der Waals surface area contributed by atoms with Crippen LogP contribution in [0.15, 0.2) is 59.5 Å². The molecule has 3 aromatic rings. The van der Waals surface area contributed by atoms with Gasteiger partial charge in [0.1, 0.15) is 11.3 Å². The van der Waals surface area contributed by atoms with Gasteiger partial charge >= 0.3 is 6.09 Å². The maximum atomic E-state index is 13.5. The van der Waals surface area contributed by atoms with Crippen LogP contribution in [0.2, 0.25) is 0 Å². The standard InChI is InChI=1S/C26H30N4O6S/c1-25(2,3)36-24(33)30-20-15-18(28-37(34,35)19-8-6-5-7-9-19)11-10-17(20)14-21(30)22(31)29(4)16-26(12-13-26)23(27)32/h5-11,14-15,28H,12-13,16H2,1-4H3,(H2,27,32). The molecule has 4 rings (SSSR count). The highest BCUT2D eigenvalue weighted by atomic mass is 32.2. The largest absolute Gasteiger partial charge is 0.443 e. The van der Waals surface area contributed by atoms with Crippen molar-refractivity contribution >= 4 is 44.5 Å². The molecule has 11 heteroatoms. The van der Waals surface area contributed by atoms with Crippen LogP contribution < -0.4 is 10.5 Å². The molecule has 0 atom stereocenters. The van der Waals surface area contributed by atoms with Crippen LogP contribution in [0.25, 0.3) is 10.9 Å². The molecule has 37 heavy (non-hydrogen) atoms. The number of carbonyl (C=O) groups excluding carboxylic acids is 3. The highest BCUT2D eigenvalue weighted by Crippen LogP contribution is 2.46. The second-order valence-corrected chi connectivity index (χ2v) is 12.0. The molecule has 2 aromatic carbocycles. The molecule has 0 aliphatic heterocycles. The first-order chi connectivity index (χ1) is 17.2. The number of primary amides is 1. The van der Waals surface area contributed by atoms with E-state index in [4.69, 9.17) is 10.5 Å². The Bertz CT molecular complexity index is 1480. The number of sulfonamides is 1. The molecule has 2 amide bonds. The van der Waals surface area contributed by atoms with Crippen molar-refractivity contribution in [2.24, 2.45) is 11.1 Å². The number of carbonyl (C=O) groups is 3. The number of nitrogens with two attached hydrogens (primary N) is 1. The SMILES string of the molecule is CN(CC1(C(N)=O)CC1)C(=O)c1cc2ccc(NS(=O)(=O)c3ccccc3)cc2n1C(=O)OC(C)(C)C. The van der Waals surface area contributed by atoms with E-state index in [1.54, 1.807) is 58.2 Å². The van der Waals surface area contributed by atoms with Gasteiger partial charge < -0.3 is 15.4 Å². The summed E-state index contributed by atoms with van der Waals surface area (Å²) in [6.07, 6.45) is 0.401. The van der Waals surface area contributed by atoms with E-state index in [0.29, 0.717) is 18.2 Å². The predicted octanol–water partition coefficient (Wildman–Crippen LogP) is 3.56. The monoisotopic (exact) mass is 526 g/mol. The van der Waals surface area contributed by atoms with E-state index >= 15 is 0 Å². The molecule has 1 heterocycles. The zero-order valence-electron chi connectivity index (χ0n) is 21.1. The van der Waals surface area contributed by atoms with Gasteiger partial charge in [-0.05, 0) is 63.9 Å². The van der Waals surface area contributed by atoms with Crippen molar-refractivity contribution in [1.29, 1.82) is 0 Å². The summed E-state index contributed by atoms with van der Waals surface area (Å²) in [5.41, 5.74) is 4.44. The average Bonchev–Trinajstić information content (AvgIpc) is 3.50. The number of ether oxygens (including phenoxy) is 1. The number of rotatable bonds is 7. The van der Waals surface area contributed by atoms with Gasteiger partial charge in [0.2, 0.25) is 5.91 Å². The summed E-state index contributed by atoms with van der Waals surface area (Å²) in [5.74, 6) is -0.962. The summed E-state index contributed by atoms with van der Waals surface area (Å²) in [5, 5.41) is 0.529. The summed E-state index contributed by atoms with van der Waals surface area (Å²) >= 11 is 0. The van der Waals surface area contributed by atoms with E-state index in [0.717, 1.165) is 4.57 Å². The van der Waals surface area contributed by atoms with Gasteiger partial charge in [-0.2, -0.15) is 0 Å². The Hall–Kier alpha value is -3.86. The van der Waals surface area contributed by atoms with E-state index in [-0.39, 0.29) is 28.3 Å². The summed E-state index contributed by atoms with van der Waals surface area (Å²) in [6, 6.07) is 14.1. The van der Waals surface area contributed by atoms with E-state index in [1.807, 2.05) is 0 Å². The van der Waals surface area contributed by atoms with E-state index in [1.165, 1.54) is 29.2 Å². The zero-order chi connectivity index (χ0) is 27.2. The fourth-order valence-corrected chi connectivity index (χ4v) is 5.17. The average molecular weight is 527 g/mol. The Morgan fingerprint density at radius 1 is 1.08 bits per heavy atom. The number of hydrogen-bond acceptors (Lipinski definition) is 6. The summed E-state index contributed by atoms with van der Waals surface area (Å²) < 4.78 is 34.9. The highest BCUT2D eigenvalue weighted by molar-refractivity contribution is 7.92. The first-order valence-corrected chi connectivity index (χ1v) is 13.2. The quantitative estimate of drug-likeness (QED) is 0.482. The molecule has 0 radical (unpaired) electrons. The third-order valence-corrected chi connectivity index (χ3v) is 7.57. The Morgan fingerprint density at radius 3 is 2.30 bits per heavy atom. The van der Waals surface area contributed by atoms with E-state index in [2.05, 4.69) is 4.72 Å². The fourth-order valence-electron chi connectivity index (χ4n) is 4.09. The van der Waals surface area contributed by atoms with Crippen molar-refractivity contribution in [3.8, 4) is 0 Å². The van der Waals surface area contributed by atoms with Crippen molar-refractivity contribution in [2.75, 3.05) is 18.3 Å². The molecule has 0 unspecified atom stereocenters. The van der Waals surface area contributed by atoms with Gasteiger partial charge in [-0.15, -0.1) is 0 Å². The van der Waals surface area contributed by atoms with Crippen LogP contribution in [-0.2, 0) is 19.6 Å². The lowest BCUT2D eigenvalue weighted by molar-refractivity contribution is -0.123. The van der Waals surface area contributed by atoms with Gasteiger partial charge in [0.25, 0.3) is 15.9 Å². The Balaban J connectivity index is 1.75. The normalized spacial score (nSPS) is 14.7. The number of nitrogens with zero attached hydrogens (tertiary/aromatic N) is 2. The second-order valence-electron chi connectivity index (χ2n) is 10.3. The lowest BCUT2D eigenvalue weighted by atomic mass is 10.1. The first kappa shape index (κ1) is 26.2. The van der Waals surface area contributed by atoms with Crippen molar-refractivity contribution in [3.05, 3.63) is 60.3 Å². The molecule has 1 aromatic heterocycles. The number of nitrogens with one attached hydrogen (secondary N) is 1. The maximum absolute atomic E-state index is 13.5. The van der Waals surface area contributed by atoms with Gasteiger partial charge in [-0.1, -0.05) is 24.3 Å². The summed E-state index contributed by atoms with van der Waals surface area (Å²) in [7, 11) is -2.34. The Kier molecular flexibility index (Phi) is 6.53. The Labute approximate surface area is 215 Å². The molecule has 1 aliphatic rings. The minimum Gasteiger partial charge on any atom is -0.443 e. The van der Waals surface area contributed by atoms with Crippen molar-refractivity contribution in [1.82, 2.24) is 9.47 Å². The van der Waals surface area contributed by atoms with Crippen LogP contribution in [0.3, 0.4) is 0 Å². The molecule has 1 fully saturated rings. The molecule has 3 N–H and O–H groups in total. The molecular formula is C26H30N4O6S. The lowest BCUT2D eigenvalue weighted by Crippen LogP contribution is -2.40. The van der Waals surface area contributed by atoms with Crippen LogP contribution >= 0.6 is 0 Å². The number of anilines is 1. The van der Waals surface area contributed by atoms with Crippen molar-refractivity contribution in [2.45, 2.75) is 44.1 Å². The van der Waals surface area contributed by atoms with Gasteiger partial charge in [0, 0.05) is 19.0 Å². The van der Waals surface area contributed by atoms with Gasteiger partial charge in [0.15, 0.2) is 0 Å². The third kappa shape index (κ3) is 5.46. The predicted molar refractivity (Wildman–Crippen MR) is 139 cm³/mol. The van der Waals surface area contributed by atoms with Crippen LogP contribution in [0.5, 0.6) is 0 Å². The van der Waals surface area contributed by atoms with Gasteiger partial charge in [0.05, 0.1) is 21.5 Å². The number of hydrogen-bond donors (Lipinski definition) is 2. The number of benzene rings is 2. The molecule has 0 bridgehead atoms. The minimum absolute atomic E-state index is 0.0232. The second kappa shape index (κ2) is 9.22. The number of aromatic nitrogens is 1. The van der Waals surface area contributed by atoms with E-state index in [9.17, 15) is 22.8 Å².